The molecule has 4 nitrogen and oxygen atoms in total. The van der Waals surface area contributed by atoms with Gasteiger partial charge >= 0.3 is 0 Å². The molecule has 0 amide bonds. The fourth-order valence-corrected chi connectivity index (χ4v) is 1.40. The van der Waals surface area contributed by atoms with Crippen LogP contribution < -0.4 is 4.74 Å². The molecular formula is C12H18O4S. The van der Waals surface area contributed by atoms with Gasteiger partial charge in [-0.2, -0.15) is 8.42 Å². The molecule has 0 saturated heterocycles. The molecule has 0 aliphatic heterocycles. The maximum Gasteiger partial charge on any atom is 0.264 e. The van der Waals surface area contributed by atoms with Gasteiger partial charge < -0.3 is 4.74 Å². The first kappa shape index (κ1) is 12.4. The molecule has 17 heavy (non-hydrogen) atoms. The number of benzene rings is 1. The second-order valence-corrected chi connectivity index (χ2v) is 5.86. The Morgan fingerprint density at radius 1 is 1.35 bits per heavy atom. The molecule has 0 radical (unpaired) electrons. The van der Waals surface area contributed by atoms with Gasteiger partial charge in [0, 0.05) is 0 Å². The van der Waals surface area contributed by atoms with Crippen LogP contribution in [0, 0.1) is 5.92 Å². The van der Waals surface area contributed by atoms with Gasteiger partial charge in [0.25, 0.3) is 10.1 Å². The van der Waals surface area contributed by atoms with Crippen molar-refractivity contribution in [3.63, 3.8) is 0 Å². The normalized spacial score (nSPS) is 12.6. The second-order valence-electron chi connectivity index (χ2n) is 4.22. The molecule has 0 N–H and O–H groups in total. The largest absolute Gasteiger partial charge is 0.493 e. The third kappa shape index (κ3) is 6.28. The highest BCUT2D eigenvalue weighted by molar-refractivity contribution is 7.85. The summed E-state index contributed by atoms with van der Waals surface area (Å²) >= 11 is 0. The summed E-state index contributed by atoms with van der Waals surface area (Å²) in [5.74, 6) is 1.02. The molecule has 0 bridgehead atoms. The summed E-state index contributed by atoms with van der Waals surface area (Å²) in [4.78, 5) is 0. The van der Waals surface area contributed by atoms with Crippen LogP contribution in [0.15, 0.2) is 24.2 Å². The van der Waals surface area contributed by atoms with Crippen molar-refractivity contribution in [3.05, 3.63) is 29.8 Å². The molecule has 0 aliphatic rings. The lowest BCUT2D eigenvalue weighted by molar-refractivity contribution is 0.270. The van der Waals surface area contributed by atoms with E-state index in [2.05, 4.69) is 4.18 Å². The zero-order valence-electron chi connectivity index (χ0n) is 11.3. The summed E-state index contributed by atoms with van der Waals surface area (Å²) in [6.07, 6.45) is 0.983. The molecule has 0 spiro atoms. The van der Waals surface area contributed by atoms with Crippen LogP contribution in [0.4, 0.5) is 0 Å². The van der Waals surface area contributed by atoms with E-state index in [4.69, 9.17) is 6.11 Å². The van der Waals surface area contributed by atoms with Crippen LogP contribution in [0.2, 0.25) is 0 Å². The molecule has 0 saturated carbocycles. The topological polar surface area (TPSA) is 52.6 Å². The van der Waals surface area contributed by atoms with Crippen molar-refractivity contribution in [2.75, 3.05) is 12.9 Å². The van der Waals surface area contributed by atoms with Gasteiger partial charge in [-0.3, -0.25) is 4.18 Å². The highest BCUT2D eigenvalue weighted by Gasteiger charge is 2.03. The van der Waals surface area contributed by atoms with E-state index >= 15 is 0 Å². The minimum atomic E-state index is -3.49. The first-order chi connectivity index (χ1) is 8.28. The zero-order chi connectivity index (χ0) is 13.8. The minimum absolute atomic E-state index is 0.123. The lowest BCUT2D eigenvalue weighted by Gasteiger charge is -2.09. The van der Waals surface area contributed by atoms with Crippen LogP contribution in [0.25, 0.3) is 0 Å². The summed E-state index contributed by atoms with van der Waals surface area (Å²) in [5.41, 5.74) is 0.511. The van der Waals surface area contributed by atoms with Gasteiger partial charge in [-0.1, -0.05) is 26.0 Å². The Balaban J connectivity index is 2.68. The molecule has 0 atom stereocenters. The molecule has 0 aromatic heterocycles. The van der Waals surface area contributed by atoms with Crippen molar-refractivity contribution < 1.29 is 18.7 Å². The molecule has 5 heteroatoms. The van der Waals surface area contributed by atoms with Crippen LogP contribution in [0.3, 0.4) is 0 Å². The molecule has 1 aromatic carbocycles. The van der Waals surface area contributed by atoms with Crippen molar-refractivity contribution in [2.45, 2.75) is 20.5 Å². The predicted molar refractivity (Wildman–Crippen MR) is 66.4 cm³/mol. The van der Waals surface area contributed by atoms with Crippen molar-refractivity contribution in [2.24, 2.45) is 5.92 Å². The smallest absolute Gasteiger partial charge is 0.264 e. The molecule has 1 aromatic rings. The van der Waals surface area contributed by atoms with E-state index in [-0.39, 0.29) is 12.6 Å². The molecule has 96 valence electrons. The SMILES string of the molecule is [2H]c1cc(OCC(C)C)ccc1COS(C)(=O)=O. The van der Waals surface area contributed by atoms with Gasteiger partial charge in [-0.25, -0.2) is 0 Å². The van der Waals surface area contributed by atoms with Crippen LogP contribution in [-0.4, -0.2) is 21.3 Å². The van der Waals surface area contributed by atoms with Crippen molar-refractivity contribution >= 4 is 10.1 Å². The van der Waals surface area contributed by atoms with Crippen molar-refractivity contribution in [1.82, 2.24) is 0 Å². The number of rotatable bonds is 6. The van der Waals surface area contributed by atoms with E-state index in [1.54, 1.807) is 18.2 Å². The van der Waals surface area contributed by atoms with Crippen molar-refractivity contribution in [3.8, 4) is 5.75 Å². The van der Waals surface area contributed by atoms with Crippen LogP contribution in [-0.2, 0) is 20.9 Å². The van der Waals surface area contributed by atoms with E-state index in [1.807, 2.05) is 13.8 Å². The summed E-state index contributed by atoms with van der Waals surface area (Å²) < 4.78 is 39.6. The van der Waals surface area contributed by atoms with E-state index in [0.29, 0.717) is 23.8 Å². The molecule has 0 unspecified atom stereocenters. The van der Waals surface area contributed by atoms with E-state index < -0.39 is 10.1 Å². The zero-order valence-corrected chi connectivity index (χ0v) is 11.1. The third-order valence-electron chi connectivity index (χ3n) is 1.86. The van der Waals surface area contributed by atoms with Gasteiger partial charge in [0.2, 0.25) is 0 Å². The average Bonchev–Trinajstić information content (AvgIpc) is 2.23. The van der Waals surface area contributed by atoms with Crippen LogP contribution in [0.5, 0.6) is 5.75 Å². The van der Waals surface area contributed by atoms with Gasteiger partial charge in [0.15, 0.2) is 0 Å². The maximum absolute atomic E-state index is 10.9. The van der Waals surface area contributed by atoms with E-state index in [1.165, 1.54) is 0 Å². The summed E-state index contributed by atoms with van der Waals surface area (Å²) in [7, 11) is -3.49. The van der Waals surface area contributed by atoms with Gasteiger partial charge in [-0.15, -0.1) is 0 Å². The van der Waals surface area contributed by atoms with Gasteiger partial charge in [0.1, 0.15) is 5.75 Å². The number of hydrogen-bond donors (Lipinski definition) is 0. The predicted octanol–water partition coefficient (Wildman–Crippen LogP) is 2.20. The average molecular weight is 259 g/mol. The summed E-state index contributed by atoms with van der Waals surface area (Å²) in [6, 6.07) is 5.12. The van der Waals surface area contributed by atoms with E-state index in [0.717, 1.165) is 6.26 Å². The first-order valence-corrected chi connectivity index (χ1v) is 7.16. The molecule has 1 rings (SSSR count). The first-order valence-electron chi connectivity index (χ1n) is 5.84. The Labute approximate surface area is 104 Å². The lowest BCUT2D eigenvalue weighted by Crippen LogP contribution is -2.05. The quantitative estimate of drug-likeness (QED) is 0.735. The fourth-order valence-electron chi connectivity index (χ4n) is 1.06. The Hall–Kier alpha value is -1.07. The lowest BCUT2D eigenvalue weighted by atomic mass is 10.2. The molecule has 0 fully saturated rings. The maximum atomic E-state index is 10.9. The molecular weight excluding hydrogens is 240 g/mol. The Kier molecular flexibility index (Phi) is 4.39. The van der Waals surface area contributed by atoms with Crippen LogP contribution in [0.1, 0.15) is 20.8 Å². The van der Waals surface area contributed by atoms with Gasteiger partial charge in [0.05, 0.1) is 20.8 Å². The third-order valence-corrected chi connectivity index (χ3v) is 2.41. The van der Waals surface area contributed by atoms with E-state index in [9.17, 15) is 8.42 Å². The Bertz CT molecular complexity index is 497. The van der Waals surface area contributed by atoms with Crippen LogP contribution >= 0.6 is 0 Å². The Morgan fingerprint density at radius 3 is 2.59 bits per heavy atom. The summed E-state index contributed by atoms with van der Waals surface area (Å²) in [6.45, 7) is 4.53. The molecule has 0 aliphatic carbocycles. The van der Waals surface area contributed by atoms with Gasteiger partial charge in [-0.05, 0) is 23.6 Å². The van der Waals surface area contributed by atoms with Crippen molar-refractivity contribution in [1.29, 1.82) is 0 Å². The minimum Gasteiger partial charge on any atom is -0.493 e. The fraction of sp³-hybridized carbons (Fsp3) is 0.500. The highest BCUT2D eigenvalue weighted by atomic mass is 32.2. The highest BCUT2D eigenvalue weighted by Crippen LogP contribution is 2.14. The number of hydrogen-bond acceptors (Lipinski definition) is 4. The summed E-state index contributed by atoms with van der Waals surface area (Å²) in [5, 5.41) is 0. The number of ether oxygens (including phenoxy) is 1. The molecule has 0 heterocycles. The monoisotopic (exact) mass is 259 g/mol. The second kappa shape index (κ2) is 6.02. The standard InChI is InChI=1S/C12H18O4S/c1-10(2)8-15-12-6-4-11(5-7-12)9-16-17(3,13)14/h4-7,10H,8-9H2,1-3H3/i4D. The Morgan fingerprint density at radius 2 is 2.06 bits per heavy atom.